The van der Waals surface area contributed by atoms with Gasteiger partial charge in [0.1, 0.15) is 6.04 Å². The number of aliphatic hydroxyl groups is 1. The van der Waals surface area contributed by atoms with Gasteiger partial charge in [0.15, 0.2) is 0 Å². The first kappa shape index (κ1) is 21.2. The topological polar surface area (TPSA) is 78.4 Å². The van der Waals surface area contributed by atoms with Gasteiger partial charge in [-0.3, -0.25) is 9.59 Å². The molecule has 1 aromatic carbocycles. The molecule has 0 heterocycles. The maximum absolute atomic E-state index is 12.1. The van der Waals surface area contributed by atoms with E-state index < -0.39 is 17.6 Å². The number of carbonyl (C=O) groups excluding carboxylic acids is 2. The lowest BCUT2D eigenvalue weighted by molar-refractivity contribution is -0.133. The third-order valence-corrected chi connectivity index (χ3v) is 4.05. The van der Waals surface area contributed by atoms with E-state index in [-0.39, 0.29) is 23.8 Å². The summed E-state index contributed by atoms with van der Waals surface area (Å²) in [4.78, 5) is 24.0. The van der Waals surface area contributed by atoms with E-state index in [4.69, 9.17) is 0 Å². The molecule has 0 radical (unpaired) electrons. The smallest absolute Gasteiger partial charge is 0.242 e. The molecule has 0 aromatic heterocycles. The van der Waals surface area contributed by atoms with Crippen molar-refractivity contribution in [2.45, 2.75) is 66.0 Å². The first-order chi connectivity index (χ1) is 11.3. The molecule has 0 aliphatic heterocycles. The minimum absolute atomic E-state index is 0.0540. The zero-order valence-corrected chi connectivity index (χ0v) is 16.4. The van der Waals surface area contributed by atoms with Crippen LogP contribution in [0.3, 0.4) is 0 Å². The van der Waals surface area contributed by atoms with Crippen molar-refractivity contribution in [3.05, 3.63) is 35.4 Å². The minimum atomic E-state index is -0.788. The molecule has 5 nitrogen and oxygen atoms in total. The van der Waals surface area contributed by atoms with E-state index in [2.05, 4.69) is 31.4 Å². The number of rotatable bonds is 5. The average molecular weight is 348 g/mol. The molecule has 1 aromatic rings. The van der Waals surface area contributed by atoms with Crippen LogP contribution in [-0.4, -0.2) is 29.5 Å². The summed E-state index contributed by atoms with van der Waals surface area (Å²) in [5.41, 5.74) is 1.44. The van der Waals surface area contributed by atoms with Crippen molar-refractivity contribution < 1.29 is 14.7 Å². The lowest BCUT2D eigenvalue weighted by atomic mass is 9.86. The van der Waals surface area contributed by atoms with Gasteiger partial charge >= 0.3 is 0 Å². The number of nitrogens with one attached hydrogen (secondary N) is 2. The summed E-state index contributed by atoms with van der Waals surface area (Å²) in [6.07, 6.45) is -0.788. The van der Waals surface area contributed by atoms with Gasteiger partial charge in [0.05, 0.1) is 6.10 Å². The van der Waals surface area contributed by atoms with Crippen LogP contribution < -0.4 is 10.6 Å². The molecule has 5 heteroatoms. The van der Waals surface area contributed by atoms with Crippen LogP contribution >= 0.6 is 0 Å². The third-order valence-electron chi connectivity index (χ3n) is 4.05. The molecule has 0 aliphatic rings. The van der Waals surface area contributed by atoms with Crippen LogP contribution in [0.25, 0.3) is 0 Å². The number of amides is 2. The molecule has 140 valence electrons. The molecule has 2 unspecified atom stereocenters. The van der Waals surface area contributed by atoms with Crippen molar-refractivity contribution in [3.63, 3.8) is 0 Å². The lowest BCUT2D eigenvalue weighted by Gasteiger charge is -2.22. The van der Waals surface area contributed by atoms with Crippen molar-refractivity contribution >= 4 is 11.8 Å². The summed E-state index contributed by atoms with van der Waals surface area (Å²) >= 11 is 0. The van der Waals surface area contributed by atoms with E-state index in [1.54, 1.807) is 27.7 Å². The fourth-order valence-corrected chi connectivity index (χ4v) is 2.15. The van der Waals surface area contributed by atoms with Gasteiger partial charge in [0.2, 0.25) is 11.8 Å². The van der Waals surface area contributed by atoms with Crippen LogP contribution in [0.5, 0.6) is 0 Å². The zero-order chi connectivity index (χ0) is 19.4. The van der Waals surface area contributed by atoms with Crippen molar-refractivity contribution in [2.75, 3.05) is 6.54 Å². The molecular formula is C20H32N2O3. The van der Waals surface area contributed by atoms with Gasteiger partial charge in [0, 0.05) is 12.0 Å². The Morgan fingerprint density at radius 2 is 1.56 bits per heavy atom. The Balaban J connectivity index is 2.56. The second kappa shape index (κ2) is 8.00. The van der Waals surface area contributed by atoms with Crippen LogP contribution in [-0.2, 0) is 15.0 Å². The molecule has 1 rings (SSSR count). The first-order valence-electron chi connectivity index (χ1n) is 8.69. The normalized spacial score (nSPS) is 14.6. The van der Waals surface area contributed by atoms with Gasteiger partial charge in [-0.05, 0) is 23.5 Å². The second-order valence-corrected chi connectivity index (χ2v) is 8.58. The second-order valence-electron chi connectivity index (χ2n) is 8.58. The number of aliphatic hydroxyl groups excluding tert-OH is 1. The maximum Gasteiger partial charge on any atom is 0.242 e. The van der Waals surface area contributed by atoms with E-state index in [0.29, 0.717) is 0 Å². The molecule has 0 saturated carbocycles. The van der Waals surface area contributed by atoms with Crippen LogP contribution in [0, 0.1) is 5.41 Å². The molecule has 2 atom stereocenters. The van der Waals surface area contributed by atoms with Crippen molar-refractivity contribution in [2.24, 2.45) is 5.41 Å². The van der Waals surface area contributed by atoms with Gasteiger partial charge in [0.25, 0.3) is 0 Å². The van der Waals surface area contributed by atoms with Gasteiger partial charge in [-0.15, -0.1) is 0 Å². The molecule has 3 N–H and O–H groups in total. The first-order valence-corrected chi connectivity index (χ1v) is 8.69. The van der Waals surface area contributed by atoms with Crippen molar-refractivity contribution in [1.82, 2.24) is 10.6 Å². The maximum atomic E-state index is 12.1. The van der Waals surface area contributed by atoms with E-state index in [0.717, 1.165) is 5.56 Å². The minimum Gasteiger partial charge on any atom is -0.387 e. The fraction of sp³-hybridized carbons (Fsp3) is 0.600. The standard InChI is InChI=1S/C20H32N2O3/c1-13(22-18(25)20(5,6)7)17(24)21-12-16(23)14-8-10-15(11-9-14)19(2,3)4/h8-11,13,16,23H,12H2,1-7H3,(H,21,24)(H,22,25). The molecular weight excluding hydrogens is 316 g/mol. The van der Waals surface area contributed by atoms with Gasteiger partial charge in [-0.1, -0.05) is 65.8 Å². The Morgan fingerprint density at radius 3 is 2.00 bits per heavy atom. The van der Waals surface area contributed by atoms with E-state index in [9.17, 15) is 14.7 Å². The van der Waals surface area contributed by atoms with Crippen LogP contribution in [0.4, 0.5) is 0 Å². The quantitative estimate of drug-likeness (QED) is 0.765. The third kappa shape index (κ3) is 6.50. The van der Waals surface area contributed by atoms with Crippen molar-refractivity contribution in [3.8, 4) is 0 Å². The summed E-state index contributed by atoms with van der Waals surface area (Å²) in [5, 5.41) is 15.6. The molecule has 0 saturated heterocycles. The van der Waals surface area contributed by atoms with Gasteiger partial charge in [-0.25, -0.2) is 0 Å². The Morgan fingerprint density at radius 1 is 1.04 bits per heavy atom. The largest absolute Gasteiger partial charge is 0.387 e. The SMILES string of the molecule is CC(NC(=O)C(C)(C)C)C(=O)NCC(O)c1ccc(C(C)(C)C)cc1. The fourth-order valence-electron chi connectivity index (χ4n) is 2.15. The number of benzene rings is 1. The molecule has 0 fully saturated rings. The lowest BCUT2D eigenvalue weighted by Crippen LogP contribution is -2.48. The van der Waals surface area contributed by atoms with E-state index >= 15 is 0 Å². The van der Waals surface area contributed by atoms with E-state index in [1.807, 2.05) is 24.3 Å². The summed E-state index contributed by atoms with van der Waals surface area (Å²) in [7, 11) is 0. The molecule has 25 heavy (non-hydrogen) atoms. The van der Waals surface area contributed by atoms with Crippen molar-refractivity contribution in [1.29, 1.82) is 0 Å². The van der Waals surface area contributed by atoms with Crippen LogP contribution in [0.1, 0.15) is 65.7 Å². The Kier molecular flexibility index (Phi) is 6.77. The number of carbonyl (C=O) groups is 2. The Hall–Kier alpha value is -1.88. The monoisotopic (exact) mass is 348 g/mol. The summed E-state index contributed by atoms with van der Waals surface area (Å²) in [6.45, 7) is 13.5. The van der Waals surface area contributed by atoms with Gasteiger partial charge < -0.3 is 15.7 Å². The number of hydrogen-bond acceptors (Lipinski definition) is 3. The predicted molar refractivity (Wildman–Crippen MR) is 100 cm³/mol. The van der Waals surface area contributed by atoms with E-state index in [1.165, 1.54) is 5.56 Å². The average Bonchev–Trinajstić information content (AvgIpc) is 2.50. The van der Waals surface area contributed by atoms with Gasteiger partial charge in [-0.2, -0.15) is 0 Å². The number of hydrogen-bond donors (Lipinski definition) is 3. The Bertz CT molecular complexity index is 595. The van der Waals surface area contributed by atoms with Crippen LogP contribution in [0.2, 0.25) is 0 Å². The highest BCUT2D eigenvalue weighted by molar-refractivity contribution is 5.89. The molecule has 0 spiro atoms. The van der Waals surface area contributed by atoms with Crippen LogP contribution in [0.15, 0.2) is 24.3 Å². The highest BCUT2D eigenvalue weighted by Gasteiger charge is 2.25. The highest BCUT2D eigenvalue weighted by atomic mass is 16.3. The predicted octanol–water partition coefficient (Wildman–Crippen LogP) is 2.68. The summed E-state index contributed by atoms with van der Waals surface area (Å²) in [5.74, 6) is -0.503. The highest BCUT2D eigenvalue weighted by Crippen LogP contribution is 2.23. The summed E-state index contributed by atoms with van der Waals surface area (Å²) < 4.78 is 0. The molecule has 0 aliphatic carbocycles. The summed E-state index contributed by atoms with van der Waals surface area (Å²) in [6, 6.07) is 7.09. The molecule has 0 bridgehead atoms. The molecule has 2 amide bonds. The zero-order valence-electron chi connectivity index (χ0n) is 16.4. The Labute approximate surface area is 151 Å².